The van der Waals surface area contributed by atoms with Crippen molar-refractivity contribution in [3.8, 4) is 0 Å². The number of carbonyl (C=O) groups is 1. The number of benzene rings is 1. The molecule has 0 bridgehead atoms. The maximum atomic E-state index is 10.9. The van der Waals surface area contributed by atoms with Crippen molar-refractivity contribution in [3.05, 3.63) is 29.6 Å². The van der Waals surface area contributed by atoms with E-state index >= 15 is 0 Å². The Hall–Kier alpha value is -1.92. The molecule has 0 aliphatic rings. The van der Waals surface area contributed by atoms with Crippen LogP contribution in [0.4, 0.5) is 0 Å². The molecule has 0 aliphatic heterocycles. The molecule has 18 heavy (non-hydrogen) atoms. The molecular formula is C12H14N2O4. The van der Waals surface area contributed by atoms with Crippen LogP contribution in [0.5, 0.6) is 0 Å². The fourth-order valence-electron chi connectivity index (χ4n) is 1.94. The maximum absolute atomic E-state index is 10.9. The average molecular weight is 250 g/mol. The van der Waals surface area contributed by atoms with E-state index in [0.717, 1.165) is 0 Å². The molecule has 2 aromatic rings. The molecule has 0 saturated carbocycles. The van der Waals surface area contributed by atoms with E-state index in [9.17, 15) is 9.90 Å². The minimum atomic E-state index is -1.02. The van der Waals surface area contributed by atoms with Crippen LogP contribution in [0.1, 0.15) is 29.2 Å². The molecule has 6 nitrogen and oxygen atoms in total. The van der Waals surface area contributed by atoms with E-state index in [4.69, 9.17) is 10.2 Å². The number of aliphatic hydroxyl groups is 2. The first-order valence-electron chi connectivity index (χ1n) is 5.57. The molecule has 0 amide bonds. The fraction of sp³-hybridized carbons (Fsp3) is 0.333. The van der Waals surface area contributed by atoms with Gasteiger partial charge in [0.15, 0.2) is 0 Å². The summed E-state index contributed by atoms with van der Waals surface area (Å²) >= 11 is 0. The van der Waals surface area contributed by atoms with Gasteiger partial charge >= 0.3 is 5.97 Å². The summed E-state index contributed by atoms with van der Waals surface area (Å²) in [5.74, 6) is -0.603. The number of rotatable bonds is 4. The second kappa shape index (κ2) is 4.75. The summed E-state index contributed by atoms with van der Waals surface area (Å²) in [5.41, 5.74) is 1.34. The number of carboxylic acids is 1. The van der Waals surface area contributed by atoms with E-state index in [1.54, 1.807) is 17.6 Å². The highest BCUT2D eigenvalue weighted by atomic mass is 16.4. The van der Waals surface area contributed by atoms with Crippen LogP contribution in [0.3, 0.4) is 0 Å². The molecule has 2 rings (SSSR count). The number of nitrogens with zero attached hydrogens (tertiary/aromatic N) is 2. The van der Waals surface area contributed by atoms with Crippen molar-refractivity contribution in [2.24, 2.45) is 0 Å². The zero-order valence-electron chi connectivity index (χ0n) is 9.87. The zero-order valence-corrected chi connectivity index (χ0v) is 9.87. The van der Waals surface area contributed by atoms with Crippen LogP contribution in [-0.4, -0.2) is 37.4 Å². The summed E-state index contributed by atoms with van der Waals surface area (Å²) in [6, 6.07) is 4.57. The second-order valence-corrected chi connectivity index (χ2v) is 4.03. The zero-order chi connectivity index (χ0) is 13.3. The van der Waals surface area contributed by atoms with Gasteiger partial charge in [-0.05, 0) is 25.1 Å². The highest BCUT2D eigenvalue weighted by molar-refractivity contribution is 5.92. The number of hydrogen-bond acceptors (Lipinski definition) is 4. The van der Waals surface area contributed by atoms with Crippen molar-refractivity contribution in [1.29, 1.82) is 0 Å². The van der Waals surface area contributed by atoms with Gasteiger partial charge in [-0.15, -0.1) is 0 Å². The van der Waals surface area contributed by atoms with Crippen LogP contribution in [0.15, 0.2) is 18.2 Å². The van der Waals surface area contributed by atoms with E-state index in [0.29, 0.717) is 23.4 Å². The molecule has 1 aromatic carbocycles. The van der Waals surface area contributed by atoms with Gasteiger partial charge in [-0.1, -0.05) is 0 Å². The molecule has 0 radical (unpaired) electrons. The van der Waals surface area contributed by atoms with E-state index < -0.39 is 12.1 Å². The first kappa shape index (κ1) is 12.5. The predicted octanol–water partition coefficient (Wildman–Crippen LogP) is 0.780. The lowest BCUT2D eigenvalue weighted by atomic mass is 10.2. The molecule has 1 aromatic heterocycles. The minimum absolute atomic E-state index is 0.0775. The summed E-state index contributed by atoms with van der Waals surface area (Å²) in [4.78, 5) is 15.1. The van der Waals surface area contributed by atoms with Gasteiger partial charge in [0.25, 0.3) is 0 Å². The lowest BCUT2D eigenvalue weighted by molar-refractivity contribution is 0.0697. The Morgan fingerprint density at radius 2 is 2.22 bits per heavy atom. The van der Waals surface area contributed by atoms with Crippen molar-refractivity contribution >= 4 is 17.0 Å². The quantitative estimate of drug-likeness (QED) is 0.745. The first-order chi connectivity index (χ1) is 8.54. The van der Waals surface area contributed by atoms with Crippen LogP contribution in [0, 0.1) is 0 Å². The van der Waals surface area contributed by atoms with Crippen molar-refractivity contribution in [2.75, 3.05) is 6.61 Å². The third-order valence-electron chi connectivity index (χ3n) is 2.72. The lowest BCUT2D eigenvalue weighted by Crippen LogP contribution is -2.09. The van der Waals surface area contributed by atoms with Crippen molar-refractivity contribution in [3.63, 3.8) is 0 Å². The predicted molar refractivity (Wildman–Crippen MR) is 64.4 cm³/mol. The van der Waals surface area contributed by atoms with Gasteiger partial charge in [0, 0.05) is 6.54 Å². The van der Waals surface area contributed by atoms with Crippen LogP contribution in [0.25, 0.3) is 11.0 Å². The van der Waals surface area contributed by atoms with Gasteiger partial charge in [-0.25, -0.2) is 9.78 Å². The molecule has 3 N–H and O–H groups in total. The Bertz CT molecular complexity index is 589. The summed E-state index contributed by atoms with van der Waals surface area (Å²) < 4.78 is 1.69. The summed E-state index contributed by atoms with van der Waals surface area (Å²) in [7, 11) is 0. The smallest absolute Gasteiger partial charge is 0.335 e. The highest BCUT2D eigenvalue weighted by Crippen LogP contribution is 2.21. The third kappa shape index (κ3) is 2.07. The number of aliphatic hydroxyl groups excluding tert-OH is 2. The van der Waals surface area contributed by atoms with Gasteiger partial charge in [0.2, 0.25) is 0 Å². The van der Waals surface area contributed by atoms with E-state index in [2.05, 4.69) is 4.98 Å². The largest absolute Gasteiger partial charge is 0.478 e. The summed E-state index contributed by atoms with van der Waals surface area (Å²) in [6.45, 7) is 1.81. The number of imidazole rings is 1. The van der Waals surface area contributed by atoms with Gasteiger partial charge in [0.1, 0.15) is 11.9 Å². The molecule has 6 heteroatoms. The SMILES string of the molecule is CC(O)c1nc2cc(C(=O)O)ccc2n1CCO. The Morgan fingerprint density at radius 3 is 2.78 bits per heavy atom. The minimum Gasteiger partial charge on any atom is -0.478 e. The Kier molecular flexibility index (Phi) is 3.31. The van der Waals surface area contributed by atoms with E-state index in [1.807, 2.05) is 0 Å². The molecule has 1 heterocycles. The van der Waals surface area contributed by atoms with Gasteiger partial charge in [0.05, 0.1) is 23.2 Å². The van der Waals surface area contributed by atoms with Gasteiger partial charge in [-0.2, -0.15) is 0 Å². The van der Waals surface area contributed by atoms with Gasteiger partial charge in [-0.3, -0.25) is 0 Å². The number of fused-ring (bicyclic) bond motifs is 1. The van der Waals surface area contributed by atoms with Crippen LogP contribution < -0.4 is 0 Å². The first-order valence-corrected chi connectivity index (χ1v) is 5.57. The Morgan fingerprint density at radius 1 is 1.50 bits per heavy atom. The van der Waals surface area contributed by atoms with E-state index in [1.165, 1.54) is 12.1 Å². The van der Waals surface area contributed by atoms with Crippen molar-refractivity contribution in [2.45, 2.75) is 19.6 Å². The molecule has 1 unspecified atom stereocenters. The molecule has 0 saturated heterocycles. The number of hydrogen-bond donors (Lipinski definition) is 3. The van der Waals surface area contributed by atoms with Crippen LogP contribution in [0.2, 0.25) is 0 Å². The molecule has 96 valence electrons. The Balaban J connectivity index is 2.64. The maximum Gasteiger partial charge on any atom is 0.335 e. The monoisotopic (exact) mass is 250 g/mol. The topological polar surface area (TPSA) is 95.6 Å². The molecule has 0 aliphatic carbocycles. The second-order valence-electron chi connectivity index (χ2n) is 4.03. The van der Waals surface area contributed by atoms with Crippen molar-refractivity contribution < 1.29 is 20.1 Å². The molecule has 0 spiro atoms. The summed E-state index contributed by atoms with van der Waals surface area (Å²) in [5, 5.41) is 27.6. The normalized spacial score (nSPS) is 12.8. The number of aromatic nitrogens is 2. The lowest BCUT2D eigenvalue weighted by Gasteiger charge is -2.08. The molecule has 0 fully saturated rings. The van der Waals surface area contributed by atoms with Crippen LogP contribution >= 0.6 is 0 Å². The molecular weight excluding hydrogens is 236 g/mol. The average Bonchev–Trinajstić information content (AvgIpc) is 2.68. The third-order valence-corrected chi connectivity index (χ3v) is 2.72. The Labute approximate surface area is 103 Å². The summed E-state index contributed by atoms with van der Waals surface area (Å²) in [6.07, 6.45) is -0.780. The van der Waals surface area contributed by atoms with Gasteiger partial charge < -0.3 is 19.9 Å². The standard InChI is InChI=1S/C12H14N2O4/c1-7(16)11-13-9-6-8(12(17)18)2-3-10(9)14(11)4-5-15/h2-3,6-7,15-16H,4-5H2,1H3,(H,17,18). The highest BCUT2D eigenvalue weighted by Gasteiger charge is 2.15. The van der Waals surface area contributed by atoms with Crippen molar-refractivity contribution in [1.82, 2.24) is 9.55 Å². The number of carboxylic acid groups (broad SMARTS) is 1. The number of aromatic carboxylic acids is 1. The van der Waals surface area contributed by atoms with E-state index in [-0.39, 0.29) is 12.2 Å². The van der Waals surface area contributed by atoms with Crippen LogP contribution in [-0.2, 0) is 6.54 Å². The molecule has 1 atom stereocenters. The fourth-order valence-corrected chi connectivity index (χ4v) is 1.94.